The number of fused-ring (bicyclic) bond motifs is 3. The van der Waals surface area contributed by atoms with Crippen molar-refractivity contribution in [2.45, 2.75) is 38.8 Å². The molecule has 0 spiro atoms. The molecule has 4 N–H and O–H groups in total. The molecule has 10 heteroatoms. The molecule has 0 heterocycles. The Morgan fingerprint density at radius 3 is 2.40 bits per heavy atom. The Labute approximate surface area is 232 Å². The lowest BCUT2D eigenvalue weighted by molar-refractivity contribution is -0.119. The van der Waals surface area contributed by atoms with Crippen LogP contribution in [0.2, 0.25) is 0 Å². The molecule has 0 bridgehead atoms. The number of hydrogen-bond acceptors (Lipinski definition) is 8. The van der Waals surface area contributed by atoms with E-state index in [1.165, 1.54) is 39.3 Å². The van der Waals surface area contributed by atoms with Gasteiger partial charge in [0, 0.05) is 24.2 Å². The summed E-state index contributed by atoms with van der Waals surface area (Å²) in [7, 11) is 4.61. The molecule has 1 aliphatic carbocycles. The smallest absolute Gasteiger partial charge is 0.246 e. The Balaban J connectivity index is 1.81. The number of benzene rings is 2. The van der Waals surface area contributed by atoms with Crippen LogP contribution in [0.1, 0.15) is 37.4 Å². The zero-order valence-electron chi connectivity index (χ0n) is 23.1. The number of methoxy groups -OCH3 is 3. The van der Waals surface area contributed by atoms with Gasteiger partial charge >= 0.3 is 0 Å². The fourth-order valence-electron chi connectivity index (χ4n) is 4.96. The molecule has 0 radical (unpaired) electrons. The van der Waals surface area contributed by atoms with E-state index in [1.54, 1.807) is 38.3 Å². The number of rotatable bonds is 8. The van der Waals surface area contributed by atoms with Crippen LogP contribution in [-0.4, -0.2) is 44.3 Å². The molecule has 210 valence electrons. The summed E-state index contributed by atoms with van der Waals surface area (Å²) in [6, 6.07) is 11.8. The molecule has 0 saturated heterocycles. The van der Waals surface area contributed by atoms with Gasteiger partial charge in [-0.3, -0.25) is 14.4 Å². The summed E-state index contributed by atoms with van der Waals surface area (Å²) in [5, 5.41) is 18.4. The lowest BCUT2D eigenvalue weighted by atomic mass is 9.95. The summed E-state index contributed by atoms with van der Waals surface area (Å²) in [5.41, 5.74) is 3.23. The fourth-order valence-corrected chi connectivity index (χ4v) is 4.96. The van der Waals surface area contributed by atoms with E-state index in [-0.39, 0.29) is 22.8 Å². The van der Waals surface area contributed by atoms with E-state index in [2.05, 4.69) is 16.0 Å². The highest BCUT2D eigenvalue weighted by Gasteiger charge is 2.29. The van der Waals surface area contributed by atoms with Crippen LogP contribution >= 0.6 is 0 Å². The first-order valence-corrected chi connectivity index (χ1v) is 12.8. The van der Waals surface area contributed by atoms with Crippen LogP contribution in [0.5, 0.6) is 23.0 Å². The first-order valence-electron chi connectivity index (χ1n) is 12.8. The van der Waals surface area contributed by atoms with Crippen LogP contribution < -0.4 is 35.6 Å². The molecule has 2 amide bonds. The van der Waals surface area contributed by atoms with E-state index >= 15 is 0 Å². The molecule has 3 aromatic carbocycles. The molecule has 4 rings (SSSR count). The van der Waals surface area contributed by atoms with Gasteiger partial charge in [0.15, 0.2) is 11.5 Å². The van der Waals surface area contributed by atoms with Crippen LogP contribution in [0.3, 0.4) is 0 Å². The van der Waals surface area contributed by atoms with Crippen LogP contribution in [0.25, 0.3) is 11.1 Å². The Bertz CT molecular complexity index is 1510. The number of anilines is 2. The molecular formula is C30H33N3O7. The first-order chi connectivity index (χ1) is 19.2. The summed E-state index contributed by atoms with van der Waals surface area (Å²) in [6.07, 6.45) is 1.12. The van der Waals surface area contributed by atoms with E-state index in [1.807, 2.05) is 6.07 Å². The van der Waals surface area contributed by atoms with E-state index in [4.69, 9.17) is 14.2 Å². The maximum absolute atomic E-state index is 13.5. The topological polar surface area (TPSA) is 135 Å². The van der Waals surface area contributed by atoms with Gasteiger partial charge in [0.2, 0.25) is 23.0 Å². The van der Waals surface area contributed by atoms with Crippen LogP contribution in [0.15, 0.2) is 53.3 Å². The van der Waals surface area contributed by atoms with E-state index in [9.17, 15) is 19.5 Å². The third kappa shape index (κ3) is 5.80. The summed E-state index contributed by atoms with van der Waals surface area (Å²) >= 11 is 0. The van der Waals surface area contributed by atoms with Gasteiger partial charge in [0.05, 0.1) is 33.1 Å². The van der Waals surface area contributed by atoms with Crippen molar-refractivity contribution < 1.29 is 28.9 Å². The average molecular weight is 548 g/mol. The van der Waals surface area contributed by atoms with Crippen molar-refractivity contribution in [1.29, 1.82) is 0 Å². The Morgan fingerprint density at radius 2 is 1.75 bits per heavy atom. The number of carbonyl (C=O) groups excluding carboxylic acids is 2. The number of phenols is 1. The van der Waals surface area contributed by atoms with Gasteiger partial charge in [0.25, 0.3) is 0 Å². The molecule has 3 aromatic rings. The number of phenolic OH excluding ortho intramolecular Hbond substituents is 1. The standard InChI is InChI=1S/C30H33N3O7/c1-16(30(37)33-19-7-6-8-20(35)14-19)31-24-12-10-21-22(15-25(24)36)23(32-17(2)34)11-9-18-13-26(38-3)28(39-4)29(40-5)27(18)21/h6-8,10,12-16,23,35H,9,11H2,1-5H3,(H,31,36)(H,32,34)(H,33,37)/t16-,23-/m0/s1. The molecule has 1 aliphatic rings. The minimum absolute atomic E-state index is 0.0236. The first kappa shape index (κ1) is 28.3. The quantitative estimate of drug-likeness (QED) is 0.332. The zero-order valence-corrected chi connectivity index (χ0v) is 23.1. The second kappa shape index (κ2) is 12.0. The number of nitrogens with one attached hydrogen (secondary N) is 3. The minimum atomic E-state index is -0.783. The van der Waals surface area contributed by atoms with E-state index in [0.29, 0.717) is 46.9 Å². The maximum atomic E-state index is 13.5. The van der Waals surface area contributed by atoms with Crippen molar-refractivity contribution in [3.63, 3.8) is 0 Å². The van der Waals surface area contributed by atoms with Crippen LogP contribution in [0, 0.1) is 0 Å². The number of ether oxygens (including phenoxy) is 3. The molecule has 0 unspecified atom stereocenters. The predicted octanol–water partition coefficient (Wildman–Crippen LogP) is 4.01. The third-order valence-electron chi connectivity index (χ3n) is 6.79. The van der Waals surface area contributed by atoms with Gasteiger partial charge in [-0.15, -0.1) is 0 Å². The number of amides is 2. The average Bonchev–Trinajstić information content (AvgIpc) is 3.16. The summed E-state index contributed by atoms with van der Waals surface area (Å²) in [5.74, 6) is 0.786. The number of carbonyl (C=O) groups is 2. The van der Waals surface area contributed by atoms with Gasteiger partial charge in [-0.05, 0) is 66.8 Å². The van der Waals surface area contributed by atoms with Crippen molar-refractivity contribution in [3.05, 3.63) is 69.9 Å². The normalized spacial score (nSPS) is 14.5. The minimum Gasteiger partial charge on any atom is -0.508 e. The maximum Gasteiger partial charge on any atom is 0.246 e. The molecule has 0 aromatic heterocycles. The number of aryl methyl sites for hydroxylation is 1. The molecule has 2 atom stereocenters. The van der Waals surface area contributed by atoms with Crippen LogP contribution in [0.4, 0.5) is 11.4 Å². The SMILES string of the molecule is COc1cc2c(c(OC)c1OC)-c1ccc(N[C@@H](C)C(=O)Nc3cccc(O)c3)c(=O)cc1[C@@H](NC(C)=O)CC2. The predicted molar refractivity (Wildman–Crippen MR) is 153 cm³/mol. The second-order valence-corrected chi connectivity index (χ2v) is 9.50. The second-order valence-electron chi connectivity index (χ2n) is 9.50. The van der Waals surface area contributed by atoms with Crippen molar-refractivity contribution in [2.75, 3.05) is 32.0 Å². The third-order valence-corrected chi connectivity index (χ3v) is 6.79. The van der Waals surface area contributed by atoms with Gasteiger partial charge in [0.1, 0.15) is 11.8 Å². The van der Waals surface area contributed by atoms with E-state index in [0.717, 1.165) is 11.1 Å². The summed E-state index contributed by atoms with van der Waals surface area (Å²) in [4.78, 5) is 38.4. The van der Waals surface area contributed by atoms with Gasteiger partial charge in [-0.1, -0.05) is 12.1 Å². The Morgan fingerprint density at radius 1 is 1.00 bits per heavy atom. The van der Waals surface area contributed by atoms with Crippen molar-refractivity contribution in [2.24, 2.45) is 0 Å². The molecular weight excluding hydrogens is 514 g/mol. The molecule has 0 fully saturated rings. The highest BCUT2D eigenvalue weighted by atomic mass is 16.5. The van der Waals surface area contributed by atoms with E-state index < -0.39 is 18.0 Å². The lowest BCUT2D eigenvalue weighted by Crippen LogP contribution is -2.33. The molecule has 10 nitrogen and oxygen atoms in total. The highest BCUT2D eigenvalue weighted by Crippen LogP contribution is 2.50. The zero-order chi connectivity index (χ0) is 29.0. The number of aromatic hydroxyl groups is 1. The van der Waals surface area contributed by atoms with Gasteiger partial charge in [-0.25, -0.2) is 0 Å². The van der Waals surface area contributed by atoms with Crippen molar-refractivity contribution in [1.82, 2.24) is 5.32 Å². The number of hydrogen-bond donors (Lipinski definition) is 4. The molecule has 40 heavy (non-hydrogen) atoms. The summed E-state index contributed by atoms with van der Waals surface area (Å²) in [6.45, 7) is 3.07. The van der Waals surface area contributed by atoms with Crippen molar-refractivity contribution >= 4 is 23.2 Å². The van der Waals surface area contributed by atoms with Gasteiger partial charge in [-0.2, -0.15) is 0 Å². The Hall–Kier alpha value is -4.73. The van der Waals surface area contributed by atoms with Gasteiger partial charge < -0.3 is 35.3 Å². The molecule has 0 aliphatic heterocycles. The van der Waals surface area contributed by atoms with Crippen LogP contribution in [-0.2, 0) is 16.0 Å². The monoisotopic (exact) mass is 547 g/mol. The fraction of sp³-hybridized carbons (Fsp3) is 0.300. The Kier molecular flexibility index (Phi) is 8.47. The van der Waals surface area contributed by atoms with Crippen molar-refractivity contribution in [3.8, 4) is 34.1 Å². The summed E-state index contributed by atoms with van der Waals surface area (Å²) < 4.78 is 17.0. The largest absolute Gasteiger partial charge is 0.508 e. The highest BCUT2D eigenvalue weighted by molar-refractivity contribution is 5.96. The molecule has 0 saturated carbocycles. The lowest BCUT2D eigenvalue weighted by Gasteiger charge is -2.19.